The zero-order valence-electron chi connectivity index (χ0n) is 13.9. The molecule has 0 aromatic heterocycles. The molecular weight excluding hydrogens is 244 g/mol. The highest BCUT2D eigenvalue weighted by molar-refractivity contribution is 4.82. The third-order valence-electron chi connectivity index (χ3n) is 5.80. The smallest absolute Gasteiger partial charge is 0.0575 e. The first-order valence-corrected chi connectivity index (χ1v) is 9.45. The summed E-state index contributed by atoms with van der Waals surface area (Å²) in [6, 6.07) is 0. The van der Waals surface area contributed by atoms with Gasteiger partial charge in [0.1, 0.15) is 0 Å². The predicted octanol–water partition coefficient (Wildman–Crippen LogP) is 5.97. The monoisotopic (exact) mass is 280 g/mol. The first-order valence-electron chi connectivity index (χ1n) is 9.45. The van der Waals surface area contributed by atoms with Gasteiger partial charge in [0.2, 0.25) is 0 Å². The van der Waals surface area contributed by atoms with Crippen LogP contribution in [0.1, 0.15) is 90.9 Å². The number of rotatable bonds is 7. The van der Waals surface area contributed by atoms with Crippen LogP contribution in [0.15, 0.2) is 0 Å². The summed E-state index contributed by atoms with van der Waals surface area (Å²) in [5.41, 5.74) is 0. The van der Waals surface area contributed by atoms with Crippen LogP contribution in [0.2, 0.25) is 0 Å². The van der Waals surface area contributed by atoms with Crippen LogP contribution in [0.25, 0.3) is 0 Å². The van der Waals surface area contributed by atoms with Gasteiger partial charge < -0.3 is 4.74 Å². The molecule has 0 amide bonds. The fraction of sp³-hybridized carbons (Fsp3) is 1.00. The topological polar surface area (TPSA) is 9.23 Å². The van der Waals surface area contributed by atoms with Gasteiger partial charge in [-0.25, -0.2) is 0 Å². The Bertz CT molecular complexity index is 208. The van der Waals surface area contributed by atoms with Gasteiger partial charge in [-0.05, 0) is 62.7 Å². The molecule has 0 N–H and O–H groups in total. The molecule has 2 saturated carbocycles. The van der Waals surface area contributed by atoms with E-state index < -0.39 is 0 Å². The van der Waals surface area contributed by atoms with Gasteiger partial charge in [0.15, 0.2) is 0 Å². The van der Waals surface area contributed by atoms with Crippen molar-refractivity contribution in [1.29, 1.82) is 0 Å². The van der Waals surface area contributed by atoms with Crippen molar-refractivity contribution < 1.29 is 4.74 Å². The van der Waals surface area contributed by atoms with Gasteiger partial charge in [0.25, 0.3) is 0 Å². The van der Waals surface area contributed by atoms with E-state index in [0.29, 0.717) is 6.10 Å². The molecule has 1 nitrogen and oxygen atoms in total. The zero-order valence-corrected chi connectivity index (χ0v) is 13.9. The largest absolute Gasteiger partial charge is 0.378 e. The van der Waals surface area contributed by atoms with E-state index in [1.54, 1.807) is 0 Å². The number of hydrogen-bond donors (Lipinski definition) is 0. The minimum absolute atomic E-state index is 0.590. The highest BCUT2D eigenvalue weighted by Gasteiger charge is 2.30. The van der Waals surface area contributed by atoms with Crippen LogP contribution in [-0.4, -0.2) is 12.7 Å². The van der Waals surface area contributed by atoms with Crippen LogP contribution in [-0.2, 0) is 4.74 Å². The zero-order chi connectivity index (χ0) is 14.2. The highest BCUT2D eigenvalue weighted by atomic mass is 16.5. The summed E-state index contributed by atoms with van der Waals surface area (Å²) >= 11 is 0. The average molecular weight is 280 g/mol. The molecule has 0 radical (unpaired) electrons. The SMILES string of the molecule is CCCCC1CCC([C@H]2CC[C@H](OCCC)CC2)CC1. The van der Waals surface area contributed by atoms with Gasteiger partial charge in [0, 0.05) is 6.61 Å². The minimum atomic E-state index is 0.590. The van der Waals surface area contributed by atoms with Crippen molar-refractivity contribution in [2.45, 2.75) is 97.0 Å². The van der Waals surface area contributed by atoms with Crippen molar-refractivity contribution >= 4 is 0 Å². The van der Waals surface area contributed by atoms with E-state index in [1.807, 2.05) is 0 Å². The molecule has 20 heavy (non-hydrogen) atoms. The van der Waals surface area contributed by atoms with Crippen LogP contribution < -0.4 is 0 Å². The van der Waals surface area contributed by atoms with E-state index in [2.05, 4.69) is 13.8 Å². The summed E-state index contributed by atoms with van der Waals surface area (Å²) in [5, 5.41) is 0. The molecule has 0 bridgehead atoms. The summed E-state index contributed by atoms with van der Waals surface area (Å²) in [6.07, 6.45) is 17.7. The molecule has 0 spiro atoms. The van der Waals surface area contributed by atoms with Gasteiger partial charge in [-0.2, -0.15) is 0 Å². The number of ether oxygens (including phenoxy) is 1. The first-order chi connectivity index (χ1) is 9.83. The van der Waals surface area contributed by atoms with Crippen LogP contribution in [0, 0.1) is 17.8 Å². The van der Waals surface area contributed by atoms with Crippen molar-refractivity contribution in [3.05, 3.63) is 0 Å². The van der Waals surface area contributed by atoms with Crippen molar-refractivity contribution in [2.24, 2.45) is 17.8 Å². The molecule has 0 aliphatic heterocycles. The van der Waals surface area contributed by atoms with Crippen LogP contribution in [0.4, 0.5) is 0 Å². The van der Waals surface area contributed by atoms with Gasteiger partial charge in [-0.1, -0.05) is 46.0 Å². The lowest BCUT2D eigenvalue weighted by Crippen LogP contribution is -2.28. The van der Waals surface area contributed by atoms with E-state index in [9.17, 15) is 0 Å². The maximum Gasteiger partial charge on any atom is 0.0575 e. The maximum absolute atomic E-state index is 5.93. The standard InChI is InChI=1S/C19H36O/c1-3-5-6-16-7-9-17(10-8-16)18-11-13-19(14-12-18)20-15-4-2/h16-19H,3-15H2,1-2H3/t16?,17?,18-,19-. The molecule has 0 saturated heterocycles. The summed E-state index contributed by atoms with van der Waals surface area (Å²) in [6.45, 7) is 5.51. The Hall–Kier alpha value is -0.0400. The molecular formula is C19H36O. The molecule has 0 aromatic carbocycles. The first kappa shape index (κ1) is 16.3. The molecule has 2 rings (SSSR count). The number of hydrogen-bond acceptors (Lipinski definition) is 1. The third-order valence-corrected chi connectivity index (χ3v) is 5.80. The average Bonchev–Trinajstić information content (AvgIpc) is 2.52. The van der Waals surface area contributed by atoms with E-state index >= 15 is 0 Å². The predicted molar refractivity (Wildman–Crippen MR) is 87.0 cm³/mol. The van der Waals surface area contributed by atoms with E-state index in [4.69, 9.17) is 4.74 Å². The Morgan fingerprint density at radius 1 is 0.750 bits per heavy atom. The van der Waals surface area contributed by atoms with Crippen molar-refractivity contribution in [1.82, 2.24) is 0 Å². The fourth-order valence-electron chi connectivity index (χ4n) is 4.45. The molecule has 0 atom stereocenters. The van der Waals surface area contributed by atoms with Crippen LogP contribution in [0.5, 0.6) is 0 Å². The van der Waals surface area contributed by atoms with Crippen LogP contribution in [0.3, 0.4) is 0 Å². The van der Waals surface area contributed by atoms with Crippen molar-refractivity contribution in [3.63, 3.8) is 0 Å². The number of unbranched alkanes of at least 4 members (excludes halogenated alkanes) is 1. The molecule has 0 aromatic rings. The van der Waals surface area contributed by atoms with Gasteiger partial charge in [-0.3, -0.25) is 0 Å². The Labute approximate surface area is 126 Å². The summed E-state index contributed by atoms with van der Waals surface area (Å²) in [4.78, 5) is 0. The summed E-state index contributed by atoms with van der Waals surface area (Å²) < 4.78 is 5.93. The molecule has 0 heterocycles. The second kappa shape index (κ2) is 9.07. The van der Waals surface area contributed by atoms with Crippen LogP contribution >= 0.6 is 0 Å². The Kier molecular flexibility index (Phi) is 7.41. The molecule has 118 valence electrons. The van der Waals surface area contributed by atoms with E-state index in [1.165, 1.54) is 77.0 Å². The summed E-state index contributed by atoms with van der Waals surface area (Å²) in [5.74, 6) is 3.15. The van der Waals surface area contributed by atoms with Gasteiger partial charge in [0.05, 0.1) is 6.10 Å². The summed E-state index contributed by atoms with van der Waals surface area (Å²) in [7, 11) is 0. The van der Waals surface area contributed by atoms with Gasteiger partial charge >= 0.3 is 0 Å². The molecule has 0 unspecified atom stereocenters. The Morgan fingerprint density at radius 3 is 1.90 bits per heavy atom. The highest BCUT2D eigenvalue weighted by Crippen LogP contribution is 2.41. The lowest BCUT2D eigenvalue weighted by Gasteiger charge is -2.37. The van der Waals surface area contributed by atoms with E-state index in [-0.39, 0.29) is 0 Å². The second-order valence-electron chi connectivity index (χ2n) is 7.33. The molecule has 2 aliphatic rings. The molecule has 2 aliphatic carbocycles. The molecule has 2 fully saturated rings. The quantitative estimate of drug-likeness (QED) is 0.558. The minimum Gasteiger partial charge on any atom is -0.378 e. The lowest BCUT2D eigenvalue weighted by atomic mass is 9.70. The Balaban J connectivity index is 1.63. The van der Waals surface area contributed by atoms with E-state index in [0.717, 1.165) is 24.4 Å². The molecule has 1 heteroatoms. The maximum atomic E-state index is 5.93. The third kappa shape index (κ3) is 5.06. The van der Waals surface area contributed by atoms with Crippen molar-refractivity contribution in [3.8, 4) is 0 Å². The normalized spacial score (nSPS) is 35.1. The fourth-order valence-corrected chi connectivity index (χ4v) is 4.45. The van der Waals surface area contributed by atoms with Crippen molar-refractivity contribution in [2.75, 3.05) is 6.61 Å². The Morgan fingerprint density at radius 2 is 1.35 bits per heavy atom. The van der Waals surface area contributed by atoms with Gasteiger partial charge in [-0.15, -0.1) is 0 Å². The lowest BCUT2D eigenvalue weighted by molar-refractivity contribution is 0.00726. The second-order valence-corrected chi connectivity index (χ2v) is 7.33.